The van der Waals surface area contributed by atoms with Crippen molar-refractivity contribution in [1.29, 1.82) is 0 Å². The number of rotatable bonds is 0. The highest BCUT2D eigenvalue weighted by molar-refractivity contribution is 4.89. The van der Waals surface area contributed by atoms with Gasteiger partial charge in [-0.2, -0.15) is 0 Å². The van der Waals surface area contributed by atoms with Crippen LogP contribution in [0.1, 0.15) is 27.7 Å². The van der Waals surface area contributed by atoms with E-state index >= 15 is 0 Å². The molecular formula is C10H22N2. The Bertz CT molecular complexity index is 143. The maximum absolute atomic E-state index is 3.60. The molecule has 0 radical (unpaired) electrons. The molecule has 0 aromatic heterocycles. The number of hydrogen-bond donors (Lipinski definition) is 1. The molecule has 0 aliphatic carbocycles. The van der Waals surface area contributed by atoms with E-state index in [1.165, 1.54) is 6.54 Å². The maximum atomic E-state index is 3.60. The quantitative estimate of drug-likeness (QED) is 0.590. The van der Waals surface area contributed by atoms with Crippen LogP contribution in [0, 0.1) is 5.41 Å². The molecule has 0 aromatic carbocycles. The van der Waals surface area contributed by atoms with Crippen LogP contribution in [0.5, 0.6) is 0 Å². The van der Waals surface area contributed by atoms with Gasteiger partial charge in [0, 0.05) is 25.2 Å². The van der Waals surface area contributed by atoms with Gasteiger partial charge in [-0.3, -0.25) is 0 Å². The van der Waals surface area contributed by atoms with Crippen LogP contribution in [0.3, 0.4) is 0 Å². The molecule has 1 N–H and O–H groups in total. The van der Waals surface area contributed by atoms with Gasteiger partial charge in [-0.1, -0.05) is 13.8 Å². The van der Waals surface area contributed by atoms with Gasteiger partial charge >= 0.3 is 0 Å². The predicted molar refractivity (Wildman–Crippen MR) is 53.4 cm³/mol. The summed E-state index contributed by atoms with van der Waals surface area (Å²) in [5, 5.41) is 3.60. The standard InChI is InChI=1S/C10H22N2/c1-9(2)6-11-10(3,4)8-12(5)7-9/h11H,6-8H2,1-5H3. The lowest BCUT2D eigenvalue weighted by Crippen LogP contribution is -2.45. The zero-order chi connectivity index (χ0) is 9.41. The number of hydrogen-bond acceptors (Lipinski definition) is 2. The first-order chi connectivity index (χ1) is 5.31. The van der Waals surface area contributed by atoms with Gasteiger partial charge in [-0.25, -0.2) is 0 Å². The Balaban J connectivity index is 2.66. The zero-order valence-corrected chi connectivity index (χ0v) is 9.07. The molecule has 72 valence electrons. The van der Waals surface area contributed by atoms with E-state index < -0.39 is 0 Å². The van der Waals surface area contributed by atoms with Crippen molar-refractivity contribution in [1.82, 2.24) is 10.2 Å². The van der Waals surface area contributed by atoms with Crippen molar-refractivity contribution >= 4 is 0 Å². The lowest BCUT2D eigenvalue weighted by Gasteiger charge is -2.27. The Morgan fingerprint density at radius 2 is 1.67 bits per heavy atom. The second kappa shape index (κ2) is 3.00. The van der Waals surface area contributed by atoms with E-state index in [-0.39, 0.29) is 5.54 Å². The molecule has 1 aliphatic rings. The SMILES string of the molecule is CN1CC(C)(C)CNC(C)(C)C1. The van der Waals surface area contributed by atoms with Crippen molar-refractivity contribution in [2.45, 2.75) is 33.2 Å². The first kappa shape index (κ1) is 10.0. The second-order valence-corrected chi connectivity index (χ2v) is 5.57. The summed E-state index contributed by atoms with van der Waals surface area (Å²) in [5.41, 5.74) is 0.672. The van der Waals surface area contributed by atoms with E-state index in [1.54, 1.807) is 0 Å². The fourth-order valence-corrected chi connectivity index (χ4v) is 2.05. The Morgan fingerprint density at radius 1 is 1.08 bits per heavy atom. The van der Waals surface area contributed by atoms with E-state index in [0.29, 0.717) is 5.41 Å². The van der Waals surface area contributed by atoms with Crippen LogP contribution in [0.25, 0.3) is 0 Å². The maximum Gasteiger partial charge on any atom is 0.0252 e. The molecule has 0 saturated carbocycles. The van der Waals surface area contributed by atoms with E-state index in [4.69, 9.17) is 0 Å². The van der Waals surface area contributed by atoms with Crippen LogP contribution in [0.2, 0.25) is 0 Å². The first-order valence-corrected chi connectivity index (χ1v) is 4.74. The van der Waals surface area contributed by atoms with Crippen LogP contribution in [-0.4, -0.2) is 37.1 Å². The van der Waals surface area contributed by atoms with Gasteiger partial charge < -0.3 is 10.2 Å². The summed E-state index contributed by atoms with van der Waals surface area (Å²) in [5.74, 6) is 0. The average molecular weight is 170 g/mol. The third-order valence-electron chi connectivity index (χ3n) is 2.41. The van der Waals surface area contributed by atoms with Crippen molar-refractivity contribution in [3.63, 3.8) is 0 Å². The van der Waals surface area contributed by atoms with Crippen LogP contribution in [-0.2, 0) is 0 Å². The van der Waals surface area contributed by atoms with Gasteiger partial charge in [0.25, 0.3) is 0 Å². The largest absolute Gasteiger partial charge is 0.310 e. The summed E-state index contributed by atoms with van der Waals surface area (Å²) < 4.78 is 0. The molecule has 12 heavy (non-hydrogen) atoms. The Kier molecular flexibility index (Phi) is 2.50. The summed E-state index contributed by atoms with van der Waals surface area (Å²) in [7, 11) is 2.20. The van der Waals surface area contributed by atoms with E-state index in [9.17, 15) is 0 Å². The molecule has 0 spiro atoms. The van der Waals surface area contributed by atoms with Crippen molar-refractivity contribution < 1.29 is 0 Å². The molecular weight excluding hydrogens is 148 g/mol. The minimum Gasteiger partial charge on any atom is -0.310 e. The molecule has 1 aliphatic heterocycles. The highest BCUT2D eigenvalue weighted by Crippen LogP contribution is 2.21. The van der Waals surface area contributed by atoms with Crippen molar-refractivity contribution in [2.75, 3.05) is 26.7 Å². The fraction of sp³-hybridized carbons (Fsp3) is 1.00. The highest BCUT2D eigenvalue weighted by atomic mass is 15.2. The number of likely N-dealkylation sites (N-methyl/N-ethyl adjacent to an activating group) is 1. The molecule has 1 saturated heterocycles. The number of nitrogens with zero attached hydrogens (tertiary/aromatic N) is 1. The third-order valence-corrected chi connectivity index (χ3v) is 2.41. The molecule has 1 heterocycles. The van der Waals surface area contributed by atoms with Gasteiger partial charge in [0.1, 0.15) is 0 Å². The van der Waals surface area contributed by atoms with Gasteiger partial charge in [-0.05, 0) is 26.3 Å². The minimum atomic E-state index is 0.266. The van der Waals surface area contributed by atoms with E-state index in [2.05, 4.69) is 45.0 Å². The van der Waals surface area contributed by atoms with Gasteiger partial charge in [-0.15, -0.1) is 0 Å². The van der Waals surface area contributed by atoms with Crippen LogP contribution < -0.4 is 5.32 Å². The third kappa shape index (κ3) is 2.76. The highest BCUT2D eigenvalue weighted by Gasteiger charge is 2.30. The molecule has 2 heteroatoms. The Morgan fingerprint density at radius 3 is 2.25 bits per heavy atom. The van der Waals surface area contributed by atoms with Gasteiger partial charge in [0.2, 0.25) is 0 Å². The first-order valence-electron chi connectivity index (χ1n) is 4.74. The second-order valence-electron chi connectivity index (χ2n) is 5.57. The van der Waals surface area contributed by atoms with Crippen LogP contribution in [0.4, 0.5) is 0 Å². The lowest BCUT2D eigenvalue weighted by molar-refractivity contribution is 0.229. The minimum absolute atomic E-state index is 0.266. The molecule has 1 rings (SSSR count). The summed E-state index contributed by atoms with van der Waals surface area (Å²) in [6.45, 7) is 12.6. The van der Waals surface area contributed by atoms with Gasteiger partial charge in [0.05, 0.1) is 0 Å². The lowest BCUT2D eigenvalue weighted by atomic mass is 9.93. The summed E-state index contributed by atoms with van der Waals surface area (Å²) >= 11 is 0. The normalized spacial score (nSPS) is 29.8. The van der Waals surface area contributed by atoms with Gasteiger partial charge in [0.15, 0.2) is 0 Å². The zero-order valence-electron chi connectivity index (χ0n) is 9.07. The van der Waals surface area contributed by atoms with Crippen molar-refractivity contribution in [3.8, 4) is 0 Å². The summed E-state index contributed by atoms with van der Waals surface area (Å²) in [6.07, 6.45) is 0. The molecule has 0 unspecified atom stereocenters. The van der Waals surface area contributed by atoms with E-state index in [0.717, 1.165) is 13.1 Å². The van der Waals surface area contributed by atoms with Crippen molar-refractivity contribution in [3.05, 3.63) is 0 Å². The topological polar surface area (TPSA) is 15.3 Å². The monoisotopic (exact) mass is 170 g/mol. The fourth-order valence-electron chi connectivity index (χ4n) is 2.05. The summed E-state index contributed by atoms with van der Waals surface area (Å²) in [6, 6.07) is 0. The number of nitrogens with one attached hydrogen (secondary N) is 1. The predicted octanol–water partition coefficient (Wildman–Crippen LogP) is 1.33. The Labute approximate surface area is 76.3 Å². The van der Waals surface area contributed by atoms with Crippen LogP contribution >= 0.6 is 0 Å². The average Bonchev–Trinajstić information content (AvgIpc) is 1.87. The molecule has 0 atom stereocenters. The smallest absolute Gasteiger partial charge is 0.0252 e. The molecule has 1 fully saturated rings. The Hall–Kier alpha value is -0.0800. The van der Waals surface area contributed by atoms with Crippen molar-refractivity contribution in [2.24, 2.45) is 5.41 Å². The molecule has 0 amide bonds. The molecule has 2 nitrogen and oxygen atoms in total. The van der Waals surface area contributed by atoms with E-state index in [1.807, 2.05) is 0 Å². The van der Waals surface area contributed by atoms with Crippen LogP contribution in [0.15, 0.2) is 0 Å². The molecule has 0 bridgehead atoms. The molecule has 0 aromatic rings. The summed E-state index contributed by atoms with van der Waals surface area (Å²) in [4.78, 5) is 2.42.